The zero-order valence-electron chi connectivity index (χ0n) is 38.9. The molecule has 0 saturated heterocycles. The SMILES string of the molecule is O=Cc1c(-c2cc(F)cc(F)c2)cc(OC(=O)Cc2ccc(-n3c(=O)c4cc(-c5ccc(C(F)(F)F)cc5)c5oc6ccccc6c6c(-c7ccc(OC(F)(F)F)cc7)cc(c3=O)c4c56)cc2)cc1-c1cc(F)cc(F)c1. The molecule has 0 fully saturated rings. The molecule has 11 rings (SSSR count). The maximum Gasteiger partial charge on any atom is 0.573 e. The quantitative estimate of drug-likeness (QED) is 0.0335. The number of rotatable bonds is 10. The molecule has 0 aliphatic heterocycles. The molecule has 382 valence electrons. The van der Waals surface area contributed by atoms with Gasteiger partial charge in [0, 0.05) is 55.6 Å². The highest BCUT2D eigenvalue weighted by Crippen LogP contribution is 2.47. The van der Waals surface area contributed by atoms with Crippen LogP contribution in [0.15, 0.2) is 172 Å². The molecule has 0 amide bonds. The van der Waals surface area contributed by atoms with E-state index in [1.807, 2.05) is 0 Å². The Hall–Kier alpha value is -9.58. The molecule has 9 aromatic carbocycles. The summed E-state index contributed by atoms with van der Waals surface area (Å²) in [6.45, 7) is 0. The Bertz CT molecular complexity index is 4230. The number of fused-ring (bicyclic) bond motifs is 2. The van der Waals surface area contributed by atoms with Crippen LogP contribution in [0.2, 0.25) is 0 Å². The van der Waals surface area contributed by atoms with Gasteiger partial charge in [-0.25, -0.2) is 22.1 Å². The second-order valence-electron chi connectivity index (χ2n) is 17.8. The van der Waals surface area contributed by atoms with E-state index in [-0.39, 0.29) is 83.1 Å². The first kappa shape index (κ1) is 49.6. The Morgan fingerprint density at radius 2 is 1.06 bits per heavy atom. The summed E-state index contributed by atoms with van der Waals surface area (Å²) in [5.41, 5.74) is -1.92. The van der Waals surface area contributed by atoms with Gasteiger partial charge in [0.15, 0.2) is 6.29 Å². The molecule has 0 spiro atoms. The van der Waals surface area contributed by atoms with Crippen LogP contribution in [0.25, 0.3) is 93.7 Å². The predicted molar refractivity (Wildman–Crippen MR) is 266 cm³/mol. The summed E-state index contributed by atoms with van der Waals surface area (Å²) < 4.78 is 156. The van der Waals surface area contributed by atoms with Crippen molar-refractivity contribution in [1.29, 1.82) is 0 Å². The van der Waals surface area contributed by atoms with Crippen molar-refractivity contribution in [3.05, 3.63) is 218 Å². The van der Waals surface area contributed by atoms with E-state index in [2.05, 4.69) is 4.74 Å². The van der Waals surface area contributed by atoms with Gasteiger partial charge in [-0.1, -0.05) is 54.6 Å². The van der Waals surface area contributed by atoms with E-state index < -0.39 is 70.6 Å². The van der Waals surface area contributed by atoms with E-state index in [0.29, 0.717) is 45.9 Å². The van der Waals surface area contributed by atoms with E-state index in [1.165, 1.54) is 60.7 Å². The standard InChI is InChI=1S/C59H29F10NO7/c60-35-18-32(19-36(61)22-35)43-24-41(25-44(49(43)28-71)33-20-37(62)23-38(63)21-33)75-51(72)17-29-5-13-39(14-6-29)70-56(73)47-26-45(30-9-15-40(16-10-30)77-59(67,68)69)52-42-3-1-2-4-50(42)76-55-46(27-48(57(70)74)53(47)54(52)55)31-7-11-34(12-8-31)58(64,65)66/h1-16,18-28H,17H2. The molecule has 0 N–H and O–H groups in total. The molecular weight excluding hydrogens is 1020 g/mol. The van der Waals surface area contributed by atoms with Gasteiger partial charge in [-0.15, -0.1) is 13.2 Å². The van der Waals surface area contributed by atoms with Crippen LogP contribution in [-0.2, 0) is 17.4 Å². The monoisotopic (exact) mass is 1050 g/mol. The lowest BCUT2D eigenvalue weighted by atomic mass is 9.87. The zero-order valence-corrected chi connectivity index (χ0v) is 38.9. The molecule has 0 bridgehead atoms. The van der Waals surface area contributed by atoms with Crippen molar-refractivity contribution in [2.24, 2.45) is 0 Å². The molecule has 2 aromatic heterocycles. The number of aromatic nitrogens is 1. The Labute approximate surface area is 425 Å². The molecule has 0 aliphatic carbocycles. The third-order valence-electron chi connectivity index (χ3n) is 12.9. The van der Waals surface area contributed by atoms with Gasteiger partial charge in [-0.2, -0.15) is 13.2 Å². The summed E-state index contributed by atoms with van der Waals surface area (Å²) in [5, 5.41) is 1.10. The summed E-state index contributed by atoms with van der Waals surface area (Å²) in [4.78, 5) is 56.0. The van der Waals surface area contributed by atoms with E-state index >= 15 is 0 Å². The van der Waals surface area contributed by atoms with Crippen molar-refractivity contribution >= 4 is 55.7 Å². The van der Waals surface area contributed by atoms with Crippen molar-refractivity contribution in [2.45, 2.75) is 19.0 Å². The number of benzene rings is 9. The van der Waals surface area contributed by atoms with Gasteiger partial charge in [0.25, 0.3) is 11.1 Å². The van der Waals surface area contributed by atoms with Crippen LogP contribution >= 0.6 is 0 Å². The highest BCUT2D eigenvalue weighted by Gasteiger charge is 2.33. The number of ether oxygens (including phenoxy) is 2. The lowest BCUT2D eigenvalue weighted by molar-refractivity contribution is -0.274. The van der Waals surface area contributed by atoms with Crippen LogP contribution in [0.3, 0.4) is 0 Å². The largest absolute Gasteiger partial charge is 0.573 e. The molecular formula is C59H29F10NO7. The van der Waals surface area contributed by atoms with Crippen molar-refractivity contribution in [1.82, 2.24) is 4.57 Å². The number of nitrogens with zero attached hydrogens (tertiary/aromatic N) is 1. The zero-order chi connectivity index (χ0) is 54.2. The predicted octanol–water partition coefficient (Wildman–Crippen LogP) is 14.9. The summed E-state index contributed by atoms with van der Waals surface area (Å²) >= 11 is 0. The topological polar surface area (TPSA) is 105 Å². The molecule has 2 heterocycles. The summed E-state index contributed by atoms with van der Waals surface area (Å²) in [5.74, 6) is -5.81. The number of alkyl halides is 6. The summed E-state index contributed by atoms with van der Waals surface area (Å²) in [6.07, 6.45) is -9.86. The lowest BCUT2D eigenvalue weighted by Crippen LogP contribution is -2.32. The van der Waals surface area contributed by atoms with Gasteiger partial charge in [-0.05, 0) is 136 Å². The average Bonchev–Trinajstić information content (AvgIpc) is 3.42. The van der Waals surface area contributed by atoms with Crippen LogP contribution in [-0.4, -0.2) is 23.2 Å². The van der Waals surface area contributed by atoms with E-state index in [0.717, 1.165) is 65.2 Å². The number of hydrogen-bond donors (Lipinski definition) is 0. The molecule has 77 heavy (non-hydrogen) atoms. The Morgan fingerprint density at radius 3 is 1.61 bits per heavy atom. The van der Waals surface area contributed by atoms with Gasteiger partial charge in [0.2, 0.25) is 0 Å². The second-order valence-corrected chi connectivity index (χ2v) is 17.8. The molecule has 0 aliphatic rings. The number of hydrogen-bond acceptors (Lipinski definition) is 7. The Kier molecular flexibility index (Phi) is 12.0. The van der Waals surface area contributed by atoms with Crippen LogP contribution in [0.4, 0.5) is 43.9 Å². The summed E-state index contributed by atoms with van der Waals surface area (Å²) in [7, 11) is 0. The minimum Gasteiger partial charge on any atom is -0.455 e. The van der Waals surface area contributed by atoms with Crippen molar-refractivity contribution in [2.75, 3.05) is 0 Å². The van der Waals surface area contributed by atoms with Crippen LogP contribution in [0.1, 0.15) is 21.5 Å². The molecule has 8 nitrogen and oxygen atoms in total. The van der Waals surface area contributed by atoms with Gasteiger partial charge < -0.3 is 13.9 Å². The number of carbonyl (C=O) groups is 2. The number of esters is 1. The minimum absolute atomic E-state index is 0.00701. The average molecular weight is 1050 g/mol. The van der Waals surface area contributed by atoms with E-state index in [4.69, 9.17) is 9.15 Å². The molecule has 18 heteroatoms. The minimum atomic E-state index is -5.01. The highest BCUT2D eigenvalue weighted by atomic mass is 19.4. The van der Waals surface area contributed by atoms with Gasteiger partial charge >= 0.3 is 18.5 Å². The van der Waals surface area contributed by atoms with Gasteiger partial charge in [0.05, 0.1) is 17.7 Å². The fourth-order valence-corrected chi connectivity index (χ4v) is 9.69. The smallest absolute Gasteiger partial charge is 0.455 e. The fraction of sp³-hybridized carbons (Fsp3) is 0.0508. The first-order valence-electron chi connectivity index (χ1n) is 22.9. The second kappa shape index (κ2) is 18.7. The third-order valence-corrected chi connectivity index (χ3v) is 12.9. The maximum absolute atomic E-state index is 14.9. The first-order valence-corrected chi connectivity index (χ1v) is 22.9. The van der Waals surface area contributed by atoms with Crippen molar-refractivity contribution in [3.63, 3.8) is 0 Å². The van der Waals surface area contributed by atoms with Crippen molar-refractivity contribution < 1.29 is 67.4 Å². The molecule has 0 atom stereocenters. The maximum atomic E-state index is 14.9. The van der Waals surface area contributed by atoms with Crippen molar-refractivity contribution in [3.8, 4) is 61.7 Å². The first-order chi connectivity index (χ1) is 36.7. The number of aldehydes is 1. The molecule has 0 unspecified atom stereocenters. The number of pyridine rings is 1. The number of halogens is 10. The highest BCUT2D eigenvalue weighted by molar-refractivity contribution is 6.32. The third kappa shape index (κ3) is 9.27. The lowest BCUT2D eigenvalue weighted by Gasteiger charge is -2.20. The van der Waals surface area contributed by atoms with Crippen LogP contribution in [0.5, 0.6) is 11.5 Å². The molecule has 11 aromatic rings. The molecule has 0 saturated carbocycles. The normalized spacial score (nSPS) is 12.0. The Morgan fingerprint density at radius 1 is 0.532 bits per heavy atom. The van der Waals surface area contributed by atoms with Crippen LogP contribution < -0.4 is 20.6 Å². The van der Waals surface area contributed by atoms with E-state index in [1.54, 1.807) is 24.3 Å². The fourth-order valence-electron chi connectivity index (χ4n) is 9.69. The van der Waals surface area contributed by atoms with Crippen LogP contribution in [0, 0.1) is 23.3 Å². The Balaban J connectivity index is 1.03. The number of para-hydroxylation sites is 1. The van der Waals surface area contributed by atoms with Gasteiger partial charge in [0.1, 0.15) is 45.9 Å². The van der Waals surface area contributed by atoms with Gasteiger partial charge in [-0.3, -0.25) is 19.2 Å². The summed E-state index contributed by atoms with van der Waals surface area (Å²) in [6, 6.07) is 31.2. The molecule has 0 radical (unpaired) electrons. The van der Waals surface area contributed by atoms with E-state index in [9.17, 15) is 63.1 Å². The number of carbonyl (C=O) groups excluding carboxylic acids is 2.